The summed E-state index contributed by atoms with van der Waals surface area (Å²) < 4.78 is 0. The van der Waals surface area contributed by atoms with Crippen molar-refractivity contribution in [1.29, 1.82) is 0 Å². The van der Waals surface area contributed by atoms with Crippen molar-refractivity contribution in [3.63, 3.8) is 0 Å². The third-order valence-electron chi connectivity index (χ3n) is 3.26. The van der Waals surface area contributed by atoms with Crippen LogP contribution in [0.2, 0.25) is 0 Å². The van der Waals surface area contributed by atoms with Gasteiger partial charge in [-0.3, -0.25) is 4.90 Å². The number of nitrogens with one attached hydrogen (secondary N) is 2. The fourth-order valence-corrected chi connectivity index (χ4v) is 2.33. The second-order valence-electron chi connectivity index (χ2n) is 4.25. The van der Waals surface area contributed by atoms with Gasteiger partial charge in [0.15, 0.2) is 0 Å². The summed E-state index contributed by atoms with van der Waals surface area (Å²) in [6.45, 7) is 6.95. The zero-order valence-electron chi connectivity index (χ0n) is 9.50. The first-order valence-electron chi connectivity index (χ1n) is 5.97. The SMILES string of the molecule is CCC(Cc1ccc[nH]1)N1CCNCC1. The Kier molecular flexibility index (Phi) is 3.80. The Morgan fingerprint density at radius 1 is 1.40 bits per heavy atom. The number of piperazine rings is 1. The van der Waals surface area contributed by atoms with Crippen molar-refractivity contribution in [3.05, 3.63) is 24.0 Å². The molecule has 1 saturated heterocycles. The van der Waals surface area contributed by atoms with E-state index in [1.54, 1.807) is 0 Å². The van der Waals surface area contributed by atoms with Gasteiger partial charge in [0, 0.05) is 50.5 Å². The van der Waals surface area contributed by atoms with Gasteiger partial charge in [-0.05, 0) is 18.6 Å². The third-order valence-corrected chi connectivity index (χ3v) is 3.26. The van der Waals surface area contributed by atoms with Gasteiger partial charge in [0.1, 0.15) is 0 Å². The maximum absolute atomic E-state index is 3.40. The number of hydrogen-bond acceptors (Lipinski definition) is 2. The molecule has 1 aromatic heterocycles. The molecule has 0 aliphatic carbocycles. The zero-order valence-corrected chi connectivity index (χ0v) is 9.50. The monoisotopic (exact) mass is 207 g/mol. The highest BCUT2D eigenvalue weighted by molar-refractivity contribution is 5.05. The number of H-pyrrole nitrogens is 1. The van der Waals surface area contributed by atoms with Gasteiger partial charge in [-0.1, -0.05) is 6.92 Å². The fourth-order valence-electron chi connectivity index (χ4n) is 2.33. The number of rotatable bonds is 4. The molecule has 1 aliphatic rings. The van der Waals surface area contributed by atoms with Crippen LogP contribution in [0.5, 0.6) is 0 Å². The van der Waals surface area contributed by atoms with E-state index in [1.807, 2.05) is 6.20 Å². The lowest BCUT2D eigenvalue weighted by Crippen LogP contribution is -2.48. The lowest BCUT2D eigenvalue weighted by Gasteiger charge is -2.34. The summed E-state index contributed by atoms with van der Waals surface area (Å²) in [7, 11) is 0. The van der Waals surface area contributed by atoms with E-state index in [0.29, 0.717) is 6.04 Å². The van der Waals surface area contributed by atoms with Crippen molar-refractivity contribution in [2.75, 3.05) is 26.2 Å². The highest BCUT2D eigenvalue weighted by atomic mass is 15.2. The minimum Gasteiger partial charge on any atom is -0.365 e. The van der Waals surface area contributed by atoms with Crippen LogP contribution in [0, 0.1) is 0 Å². The third kappa shape index (κ3) is 2.83. The van der Waals surface area contributed by atoms with Crippen molar-refractivity contribution in [1.82, 2.24) is 15.2 Å². The van der Waals surface area contributed by atoms with Gasteiger partial charge >= 0.3 is 0 Å². The molecule has 0 amide bonds. The van der Waals surface area contributed by atoms with Crippen LogP contribution >= 0.6 is 0 Å². The van der Waals surface area contributed by atoms with Gasteiger partial charge in [-0.2, -0.15) is 0 Å². The van der Waals surface area contributed by atoms with E-state index in [0.717, 1.165) is 19.5 Å². The highest BCUT2D eigenvalue weighted by Gasteiger charge is 2.19. The Morgan fingerprint density at radius 2 is 2.20 bits per heavy atom. The number of aromatic nitrogens is 1. The number of nitrogens with zero attached hydrogens (tertiary/aromatic N) is 1. The molecule has 2 rings (SSSR count). The Morgan fingerprint density at radius 3 is 2.80 bits per heavy atom. The summed E-state index contributed by atoms with van der Waals surface area (Å²) >= 11 is 0. The highest BCUT2D eigenvalue weighted by Crippen LogP contribution is 2.11. The van der Waals surface area contributed by atoms with Crippen LogP contribution < -0.4 is 5.32 Å². The van der Waals surface area contributed by atoms with Crippen molar-refractivity contribution in [2.24, 2.45) is 0 Å². The fraction of sp³-hybridized carbons (Fsp3) is 0.667. The molecule has 1 aromatic rings. The van der Waals surface area contributed by atoms with Crippen molar-refractivity contribution >= 4 is 0 Å². The molecule has 1 unspecified atom stereocenters. The van der Waals surface area contributed by atoms with E-state index in [1.165, 1.54) is 25.2 Å². The maximum atomic E-state index is 3.40. The van der Waals surface area contributed by atoms with Gasteiger partial charge in [-0.25, -0.2) is 0 Å². The molecule has 1 atom stereocenters. The molecule has 0 radical (unpaired) electrons. The van der Waals surface area contributed by atoms with Gasteiger partial charge < -0.3 is 10.3 Å². The average molecular weight is 207 g/mol. The largest absolute Gasteiger partial charge is 0.365 e. The topological polar surface area (TPSA) is 31.1 Å². The van der Waals surface area contributed by atoms with Crippen LogP contribution in [0.25, 0.3) is 0 Å². The second-order valence-corrected chi connectivity index (χ2v) is 4.25. The Balaban J connectivity index is 1.91. The van der Waals surface area contributed by atoms with Crippen LogP contribution in [-0.2, 0) is 6.42 Å². The van der Waals surface area contributed by atoms with E-state index in [4.69, 9.17) is 0 Å². The van der Waals surface area contributed by atoms with Crippen LogP contribution in [0.15, 0.2) is 18.3 Å². The quantitative estimate of drug-likeness (QED) is 0.778. The van der Waals surface area contributed by atoms with Gasteiger partial charge in [0.2, 0.25) is 0 Å². The van der Waals surface area contributed by atoms with Crippen LogP contribution in [0.4, 0.5) is 0 Å². The minimum atomic E-state index is 0.700. The molecule has 2 N–H and O–H groups in total. The predicted molar refractivity (Wildman–Crippen MR) is 63.0 cm³/mol. The number of hydrogen-bond donors (Lipinski definition) is 2. The maximum Gasteiger partial charge on any atom is 0.0162 e. The predicted octanol–water partition coefficient (Wildman–Crippen LogP) is 1.24. The van der Waals surface area contributed by atoms with Gasteiger partial charge in [-0.15, -0.1) is 0 Å². The smallest absolute Gasteiger partial charge is 0.0162 e. The second kappa shape index (κ2) is 5.33. The first-order valence-corrected chi connectivity index (χ1v) is 5.97. The summed E-state index contributed by atoms with van der Waals surface area (Å²) in [4.78, 5) is 5.91. The summed E-state index contributed by atoms with van der Waals surface area (Å²) in [6, 6.07) is 4.97. The molecule has 1 fully saturated rings. The Labute approximate surface area is 91.9 Å². The average Bonchev–Trinajstić information content (AvgIpc) is 2.80. The number of aromatic amines is 1. The molecule has 3 nitrogen and oxygen atoms in total. The van der Waals surface area contributed by atoms with Crippen molar-refractivity contribution in [3.8, 4) is 0 Å². The molecular formula is C12H21N3. The van der Waals surface area contributed by atoms with Crippen molar-refractivity contribution < 1.29 is 0 Å². The molecule has 0 saturated carbocycles. The van der Waals surface area contributed by atoms with E-state index >= 15 is 0 Å². The molecular weight excluding hydrogens is 186 g/mol. The minimum absolute atomic E-state index is 0.700. The van der Waals surface area contributed by atoms with Crippen LogP contribution in [0.1, 0.15) is 19.0 Å². The summed E-state index contributed by atoms with van der Waals surface area (Å²) in [6.07, 6.45) is 4.41. The summed E-state index contributed by atoms with van der Waals surface area (Å²) in [5.41, 5.74) is 1.36. The van der Waals surface area contributed by atoms with E-state index < -0.39 is 0 Å². The molecule has 2 heterocycles. The van der Waals surface area contributed by atoms with Gasteiger partial charge in [0.05, 0.1) is 0 Å². The first-order chi connectivity index (χ1) is 7.40. The summed E-state index contributed by atoms with van der Waals surface area (Å²) in [5, 5.41) is 3.40. The Bertz CT molecular complexity index is 262. The molecule has 0 bridgehead atoms. The molecule has 0 spiro atoms. The molecule has 3 heteroatoms. The first kappa shape index (κ1) is 10.7. The van der Waals surface area contributed by atoms with Crippen LogP contribution in [0.3, 0.4) is 0 Å². The van der Waals surface area contributed by atoms with Crippen molar-refractivity contribution in [2.45, 2.75) is 25.8 Å². The standard InChI is InChI=1S/C12H21N3/c1-2-12(10-11-4-3-5-14-11)15-8-6-13-7-9-15/h3-5,12-14H,2,6-10H2,1H3. The lowest BCUT2D eigenvalue weighted by atomic mass is 10.1. The molecule has 0 aromatic carbocycles. The Hall–Kier alpha value is -0.800. The summed E-state index contributed by atoms with van der Waals surface area (Å²) in [5.74, 6) is 0. The van der Waals surface area contributed by atoms with Crippen LogP contribution in [-0.4, -0.2) is 42.1 Å². The van der Waals surface area contributed by atoms with E-state index in [-0.39, 0.29) is 0 Å². The molecule has 15 heavy (non-hydrogen) atoms. The zero-order chi connectivity index (χ0) is 10.5. The van der Waals surface area contributed by atoms with E-state index in [2.05, 4.69) is 34.3 Å². The molecule has 84 valence electrons. The van der Waals surface area contributed by atoms with E-state index in [9.17, 15) is 0 Å². The lowest BCUT2D eigenvalue weighted by molar-refractivity contribution is 0.167. The normalized spacial score (nSPS) is 20.3. The molecule has 1 aliphatic heterocycles. The van der Waals surface area contributed by atoms with Gasteiger partial charge in [0.25, 0.3) is 0 Å².